The van der Waals surface area contributed by atoms with Crippen LogP contribution in [-0.4, -0.2) is 18.4 Å². The van der Waals surface area contributed by atoms with Crippen molar-refractivity contribution in [1.29, 1.82) is 0 Å². The normalized spacial score (nSPS) is 14.6. The van der Waals surface area contributed by atoms with E-state index in [0.717, 1.165) is 30.4 Å². The quantitative estimate of drug-likeness (QED) is 0.587. The Morgan fingerprint density at radius 1 is 1.12 bits per heavy atom. The van der Waals surface area contributed by atoms with E-state index in [1.165, 1.54) is 18.4 Å². The average molecular weight is 342 g/mol. The highest BCUT2D eigenvalue weighted by Gasteiger charge is 2.35. The summed E-state index contributed by atoms with van der Waals surface area (Å²) in [5, 5.41) is 5.79. The number of carbonyl (C=O) groups is 2. The minimum absolute atomic E-state index is 0.217. The van der Waals surface area contributed by atoms with Crippen molar-refractivity contribution in [2.75, 3.05) is 6.54 Å². The molecule has 0 aliphatic heterocycles. The van der Waals surface area contributed by atoms with E-state index in [-0.39, 0.29) is 11.8 Å². The molecule has 0 heterocycles. The van der Waals surface area contributed by atoms with E-state index in [0.29, 0.717) is 13.1 Å². The predicted molar refractivity (Wildman–Crippen MR) is 101 cm³/mol. The topological polar surface area (TPSA) is 58.2 Å². The molecule has 0 unspecified atom stereocenters. The summed E-state index contributed by atoms with van der Waals surface area (Å²) in [6.07, 6.45) is 7.96. The smallest absolute Gasteiger partial charge is 0.235 e. The maximum Gasteiger partial charge on any atom is 0.235 e. The van der Waals surface area contributed by atoms with Gasteiger partial charge in [0.05, 0.1) is 0 Å². The fourth-order valence-corrected chi connectivity index (χ4v) is 3.02. The number of allylic oxidation sites excluding steroid dienone is 1. The van der Waals surface area contributed by atoms with Gasteiger partial charge in [-0.25, -0.2) is 0 Å². The van der Waals surface area contributed by atoms with E-state index < -0.39 is 5.41 Å². The van der Waals surface area contributed by atoms with E-state index in [9.17, 15) is 9.59 Å². The zero-order valence-electron chi connectivity index (χ0n) is 15.7. The van der Waals surface area contributed by atoms with Gasteiger partial charge in [-0.2, -0.15) is 0 Å². The second-order valence-corrected chi connectivity index (χ2v) is 7.41. The van der Waals surface area contributed by atoms with Gasteiger partial charge in [0.2, 0.25) is 11.8 Å². The van der Waals surface area contributed by atoms with Gasteiger partial charge in [-0.05, 0) is 58.4 Å². The highest BCUT2D eigenvalue weighted by atomic mass is 16.2. The van der Waals surface area contributed by atoms with Crippen LogP contribution in [0.2, 0.25) is 0 Å². The molecule has 2 N–H and O–H groups in total. The van der Waals surface area contributed by atoms with E-state index >= 15 is 0 Å². The number of benzene rings is 1. The Balaban J connectivity index is 1.80. The van der Waals surface area contributed by atoms with Crippen LogP contribution in [0.25, 0.3) is 0 Å². The molecule has 2 rings (SSSR count). The first-order valence-electron chi connectivity index (χ1n) is 9.19. The number of aryl methyl sites for hydroxylation is 1. The van der Waals surface area contributed by atoms with Gasteiger partial charge in [0, 0.05) is 13.1 Å². The fraction of sp³-hybridized carbons (Fsp3) is 0.524. The third-order valence-electron chi connectivity index (χ3n) is 4.79. The third-order valence-corrected chi connectivity index (χ3v) is 4.79. The maximum absolute atomic E-state index is 12.4. The Morgan fingerprint density at radius 3 is 2.56 bits per heavy atom. The molecular formula is C21H30N2O2. The van der Waals surface area contributed by atoms with Crippen molar-refractivity contribution < 1.29 is 9.59 Å². The molecule has 0 aromatic heterocycles. The lowest BCUT2D eigenvalue weighted by molar-refractivity contribution is -0.141. The molecule has 0 fully saturated rings. The molecule has 4 nitrogen and oxygen atoms in total. The van der Waals surface area contributed by atoms with E-state index in [4.69, 9.17) is 0 Å². The molecule has 1 aliphatic rings. The molecule has 0 spiro atoms. The molecule has 1 aliphatic carbocycles. The van der Waals surface area contributed by atoms with Crippen molar-refractivity contribution in [3.8, 4) is 0 Å². The Labute approximate surface area is 151 Å². The number of hydrogen-bond donors (Lipinski definition) is 2. The molecule has 4 heteroatoms. The monoisotopic (exact) mass is 342 g/mol. The van der Waals surface area contributed by atoms with Crippen LogP contribution in [0.15, 0.2) is 35.9 Å². The summed E-state index contributed by atoms with van der Waals surface area (Å²) in [7, 11) is 0. The first kappa shape index (κ1) is 19.2. The molecule has 1 aromatic rings. The molecule has 0 radical (unpaired) electrons. The summed E-state index contributed by atoms with van der Waals surface area (Å²) in [6.45, 7) is 6.40. The van der Waals surface area contributed by atoms with Crippen LogP contribution in [0.4, 0.5) is 0 Å². The van der Waals surface area contributed by atoms with Crippen molar-refractivity contribution in [3.63, 3.8) is 0 Å². The van der Waals surface area contributed by atoms with Crippen molar-refractivity contribution in [2.24, 2.45) is 5.41 Å². The number of rotatable bonds is 7. The van der Waals surface area contributed by atoms with E-state index in [1.54, 1.807) is 13.8 Å². The second kappa shape index (κ2) is 8.84. The van der Waals surface area contributed by atoms with Gasteiger partial charge in [-0.15, -0.1) is 0 Å². The van der Waals surface area contributed by atoms with Crippen molar-refractivity contribution >= 4 is 11.8 Å². The zero-order chi connectivity index (χ0) is 18.3. The molecule has 1 aromatic carbocycles. The van der Waals surface area contributed by atoms with Crippen LogP contribution < -0.4 is 10.6 Å². The van der Waals surface area contributed by atoms with Gasteiger partial charge in [0.25, 0.3) is 0 Å². The lowest BCUT2D eigenvalue weighted by Gasteiger charge is -2.23. The largest absolute Gasteiger partial charge is 0.355 e. The Morgan fingerprint density at radius 2 is 1.88 bits per heavy atom. The first-order chi connectivity index (χ1) is 11.9. The van der Waals surface area contributed by atoms with Gasteiger partial charge in [0.1, 0.15) is 5.41 Å². The summed E-state index contributed by atoms with van der Waals surface area (Å²) in [5.41, 5.74) is 2.54. The Kier molecular flexibility index (Phi) is 6.80. The summed E-state index contributed by atoms with van der Waals surface area (Å²) in [5.74, 6) is -0.464. The molecular weight excluding hydrogens is 312 g/mol. The van der Waals surface area contributed by atoms with Crippen molar-refractivity contribution in [1.82, 2.24) is 10.6 Å². The SMILES string of the molecule is Cc1cccc(CNC(=O)C(C)(C)C(=O)NCCC2=CCCCC2)c1. The molecule has 0 saturated carbocycles. The van der Waals surface area contributed by atoms with Gasteiger partial charge in [0.15, 0.2) is 0 Å². The van der Waals surface area contributed by atoms with E-state index in [1.807, 2.05) is 31.2 Å². The highest BCUT2D eigenvalue weighted by molar-refractivity contribution is 6.04. The van der Waals surface area contributed by atoms with Crippen LogP contribution in [0, 0.1) is 12.3 Å². The maximum atomic E-state index is 12.4. The lowest BCUT2D eigenvalue weighted by Crippen LogP contribution is -2.47. The number of nitrogens with one attached hydrogen (secondary N) is 2. The summed E-state index contributed by atoms with van der Waals surface area (Å²) >= 11 is 0. The predicted octanol–water partition coefficient (Wildman–Crippen LogP) is 3.64. The Hall–Kier alpha value is -2.10. The lowest BCUT2D eigenvalue weighted by atomic mass is 9.90. The number of hydrogen-bond acceptors (Lipinski definition) is 2. The van der Waals surface area contributed by atoms with Crippen LogP contribution in [0.3, 0.4) is 0 Å². The Bertz CT molecular complexity index is 647. The molecule has 0 atom stereocenters. The van der Waals surface area contributed by atoms with E-state index in [2.05, 4.69) is 16.7 Å². The minimum atomic E-state index is -1.08. The fourth-order valence-electron chi connectivity index (χ4n) is 3.02. The van der Waals surface area contributed by atoms with Gasteiger partial charge in [-0.1, -0.05) is 41.5 Å². The second-order valence-electron chi connectivity index (χ2n) is 7.41. The van der Waals surface area contributed by atoms with Crippen molar-refractivity contribution in [2.45, 2.75) is 59.4 Å². The summed E-state index contributed by atoms with van der Waals surface area (Å²) < 4.78 is 0. The summed E-state index contributed by atoms with van der Waals surface area (Å²) in [4.78, 5) is 24.9. The molecule has 136 valence electrons. The average Bonchev–Trinajstić information content (AvgIpc) is 2.60. The molecule has 2 amide bonds. The van der Waals surface area contributed by atoms with Crippen LogP contribution in [-0.2, 0) is 16.1 Å². The molecule has 0 bridgehead atoms. The number of amides is 2. The minimum Gasteiger partial charge on any atom is -0.355 e. The van der Waals surface area contributed by atoms with Gasteiger partial charge in [-0.3, -0.25) is 9.59 Å². The molecule has 0 saturated heterocycles. The van der Waals surface area contributed by atoms with Crippen LogP contribution in [0.5, 0.6) is 0 Å². The van der Waals surface area contributed by atoms with Gasteiger partial charge >= 0.3 is 0 Å². The number of carbonyl (C=O) groups excluding carboxylic acids is 2. The van der Waals surface area contributed by atoms with Crippen LogP contribution >= 0.6 is 0 Å². The first-order valence-corrected chi connectivity index (χ1v) is 9.19. The van der Waals surface area contributed by atoms with Gasteiger partial charge < -0.3 is 10.6 Å². The summed E-state index contributed by atoms with van der Waals surface area (Å²) in [6, 6.07) is 7.99. The third kappa shape index (κ3) is 5.73. The zero-order valence-corrected chi connectivity index (χ0v) is 15.7. The van der Waals surface area contributed by atoms with Crippen molar-refractivity contribution in [3.05, 3.63) is 47.0 Å². The molecule has 25 heavy (non-hydrogen) atoms. The standard InChI is InChI=1S/C21H30N2O2/c1-16-8-7-11-18(14-16)15-23-20(25)21(2,3)19(24)22-13-12-17-9-5-4-6-10-17/h7-9,11,14H,4-6,10,12-13,15H2,1-3H3,(H,22,24)(H,23,25). The van der Waals surface area contributed by atoms with Crippen LogP contribution in [0.1, 0.15) is 57.1 Å². The highest BCUT2D eigenvalue weighted by Crippen LogP contribution is 2.20.